The maximum Gasteiger partial charge on any atom is 0.226 e. The number of nitrogens with zero attached hydrogens (tertiary/aromatic N) is 5. The summed E-state index contributed by atoms with van der Waals surface area (Å²) in [5, 5.41) is 16.5. The summed E-state index contributed by atoms with van der Waals surface area (Å²) in [4.78, 5) is 9.68. The molecule has 3 heterocycles. The van der Waals surface area contributed by atoms with Gasteiger partial charge in [0.05, 0.1) is 18.3 Å². The van der Waals surface area contributed by atoms with Gasteiger partial charge in [-0.05, 0) is 55.7 Å². The Labute approximate surface area is 185 Å². The van der Waals surface area contributed by atoms with Gasteiger partial charge in [-0.15, -0.1) is 5.10 Å². The normalized spacial score (nSPS) is 11.3. The standard InChI is InChI=1S/C24H25N7O/c1-15-19(16(2)29-28-15)12-13-22-27-23-20-6-4-5-7-21(20)26-24(31(23)30-22)25-14-17-8-10-18(32-3)11-9-17/h4-11H,12-14H2,1-3H3,(H,25,26)(H,28,29). The Bertz CT molecular complexity index is 1370. The fraction of sp³-hybridized carbons (Fsp3) is 0.250. The molecular formula is C24H25N7O. The molecule has 0 bridgehead atoms. The largest absolute Gasteiger partial charge is 0.497 e. The molecule has 0 fully saturated rings. The van der Waals surface area contributed by atoms with Gasteiger partial charge >= 0.3 is 0 Å². The maximum atomic E-state index is 5.24. The Kier molecular flexibility index (Phi) is 5.18. The van der Waals surface area contributed by atoms with Crippen molar-refractivity contribution in [2.75, 3.05) is 12.4 Å². The van der Waals surface area contributed by atoms with Gasteiger partial charge in [0.25, 0.3) is 0 Å². The van der Waals surface area contributed by atoms with E-state index in [9.17, 15) is 0 Å². The molecule has 0 amide bonds. The third-order valence-electron chi connectivity index (χ3n) is 5.71. The second-order valence-electron chi connectivity index (χ2n) is 7.83. The Hall–Kier alpha value is -3.94. The number of aromatic nitrogens is 6. The molecule has 0 aliphatic heterocycles. The van der Waals surface area contributed by atoms with E-state index < -0.39 is 0 Å². The SMILES string of the molecule is COc1ccc(CNc2nc3ccccc3c3nc(CCc4c(C)n[nH]c4C)nn23)cc1. The molecule has 32 heavy (non-hydrogen) atoms. The molecule has 2 aromatic carbocycles. The number of aryl methyl sites for hydroxylation is 3. The number of anilines is 1. The summed E-state index contributed by atoms with van der Waals surface area (Å²) in [7, 11) is 1.67. The molecule has 162 valence electrons. The number of rotatable bonds is 7. The molecule has 0 aliphatic rings. The molecule has 5 rings (SSSR count). The van der Waals surface area contributed by atoms with Gasteiger partial charge in [-0.3, -0.25) is 5.10 Å². The lowest BCUT2D eigenvalue weighted by atomic mass is 10.1. The first kappa shape index (κ1) is 20.0. The van der Waals surface area contributed by atoms with Crippen molar-refractivity contribution in [2.24, 2.45) is 0 Å². The number of nitrogens with one attached hydrogen (secondary N) is 2. The van der Waals surface area contributed by atoms with Crippen LogP contribution in [0.2, 0.25) is 0 Å². The first-order valence-corrected chi connectivity index (χ1v) is 10.6. The van der Waals surface area contributed by atoms with Crippen molar-refractivity contribution in [1.82, 2.24) is 29.8 Å². The fourth-order valence-corrected chi connectivity index (χ4v) is 3.92. The molecule has 5 aromatic rings. The van der Waals surface area contributed by atoms with Crippen LogP contribution in [0.3, 0.4) is 0 Å². The van der Waals surface area contributed by atoms with Crippen molar-refractivity contribution in [3.63, 3.8) is 0 Å². The number of hydrogen-bond donors (Lipinski definition) is 2. The Balaban J connectivity index is 1.47. The van der Waals surface area contributed by atoms with Crippen molar-refractivity contribution in [1.29, 1.82) is 0 Å². The lowest BCUT2D eigenvalue weighted by molar-refractivity contribution is 0.414. The number of hydrogen-bond acceptors (Lipinski definition) is 6. The summed E-state index contributed by atoms with van der Waals surface area (Å²) in [6, 6.07) is 16.0. The second-order valence-corrected chi connectivity index (χ2v) is 7.83. The average Bonchev–Trinajstić information content (AvgIpc) is 3.39. The summed E-state index contributed by atoms with van der Waals surface area (Å²) >= 11 is 0. The van der Waals surface area contributed by atoms with E-state index in [1.807, 2.05) is 66.9 Å². The van der Waals surface area contributed by atoms with Crippen molar-refractivity contribution in [3.05, 3.63) is 76.9 Å². The second kappa shape index (κ2) is 8.30. The Morgan fingerprint density at radius 1 is 1.00 bits per heavy atom. The van der Waals surface area contributed by atoms with Gasteiger partial charge in [0, 0.05) is 24.0 Å². The highest BCUT2D eigenvalue weighted by atomic mass is 16.5. The summed E-state index contributed by atoms with van der Waals surface area (Å²) < 4.78 is 7.06. The van der Waals surface area contributed by atoms with E-state index in [0.29, 0.717) is 12.5 Å². The van der Waals surface area contributed by atoms with E-state index in [-0.39, 0.29) is 0 Å². The van der Waals surface area contributed by atoms with Crippen molar-refractivity contribution in [3.8, 4) is 5.75 Å². The third-order valence-corrected chi connectivity index (χ3v) is 5.71. The molecule has 0 unspecified atom stereocenters. The highest BCUT2D eigenvalue weighted by molar-refractivity contribution is 5.92. The van der Waals surface area contributed by atoms with E-state index in [2.05, 4.69) is 15.5 Å². The van der Waals surface area contributed by atoms with Crippen LogP contribution in [-0.2, 0) is 19.4 Å². The van der Waals surface area contributed by atoms with Crippen LogP contribution in [-0.4, -0.2) is 36.9 Å². The topological polar surface area (TPSA) is 93.0 Å². The smallest absolute Gasteiger partial charge is 0.226 e. The molecule has 3 aromatic heterocycles. The molecule has 0 spiro atoms. The van der Waals surface area contributed by atoms with Crippen LogP contribution in [0.1, 0.15) is 28.3 Å². The fourth-order valence-electron chi connectivity index (χ4n) is 3.92. The van der Waals surface area contributed by atoms with Crippen LogP contribution >= 0.6 is 0 Å². The number of para-hydroxylation sites is 1. The van der Waals surface area contributed by atoms with E-state index in [1.165, 1.54) is 5.56 Å². The van der Waals surface area contributed by atoms with Gasteiger partial charge in [-0.2, -0.15) is 9.61 Å². The zero-order valence-corrected chi connectivity index (χ0v) is 18.4. The van der Waals surface area contributed by atoms with Crippen LogP contribution in [0.15, 0.2) is 48.5 Å². The zero-order chi connectivity index (χ0) is 22.1. The Morgan fingerprint density at radius 2 is 1.81 bits per heavy atom. The monoisotopic (exact) mass is 427 g/mol. The maximum absolute atomic E-state index is 5.24. The van der Waals surface area contributed by atoms with Gasteiger partial charge in [0.1, 0.15) is 5.75 Å². The van der Waals surface area contributed by atoms with Crippen LogP contribution < -0.4 is 10.1 Å². The van der Waals surface area contributed by atoms with E-state index in [4.69, 9.17) is 19.8 Å². The molecule has 0 radical (unpaired) electrons. The zero-order valence-electron chi connectivity index (χ0n) is 18.4. The lowest BCUT2D eigenvalue weighted by Crippen LogP contribution is -2.08. The predicted octanol–water partition coefficient (Wildman–Crippen LogP) is 4.02. The summed E-state index contributed by atoms with van der Waals surface area (Å²) in [5.41, 5.74) is 6.17. The van der Waals surface area contributed by atoms with Gasteiger partial charge in [-0.1, -0.05) is 24.3 Å². The molecule has 0 atom stereocenters. The summed E-state index contributed by atoms with van der Waals surface area (Å²) in [6.07, 6.45) is 1.57. The van der Waals surface area contributed by atoms with Crippen LogP contribution in [0.5, 0.6) is 5.75 Å². The third kappa shape index (κ3) is 3.75. The minimum atomic E-state index is 0.618. The number of methoxy groups -OCH3 is 1. The lowest BCUT2D eigenvalue weighted by Gasteiger charge is -2.09. The predicted molar refractivity (Wildman–Crippen MR) is 124 cm³/mol. The molecular weight excluding hydrogens is 402 g/mol. The molecule has 0 saturated heterocycles. The summed E-state index contributed by atoms with van der Waals surface area (Å²) in [5.74, 6) is 2.29. The van der Waals surface area contributed by atoms with Gasteiger partial charge < -0.3 is 10.1 Å². The first-order chi connectivity index (χ1) is 15.6. The molecule has 0 aliphatic carbocycles. The van der Waals surface area contributed by atoms with Crippen LogP contribution in [0.4, 0.5) is 5.95 Å². The van der Waals surface area contributed by atoms with E-state index >= 15 is 0 Å². The van der Waals surface area contributed by atoms with E-state index in [1.54, 1.807) is 7.11 Å². The number of H-pyrrole nitrogens is 1. The van der Waals surface area contributed by atoms with Crippen LogP contribution in [0.25, 0.3) is 16.6 Å². The highest BCUT2D eigenvalue weighted by Crippen LogP contribution is 2.22. The molecule has 2 N–H and O–H groups in total. The van der Waals surface area contributed by atoms with Crippen LogP contribution in [0, 0.1) is 13.8 Å². The molecule has 0 saturated carbocycles. The minimum absolute atomic E-state index is 0.618. The molecule has 8 nitrogen and oxygen atoms in total. The van der Waals surface area contributed by atoms with Gasteiger partial charge in [0.15, 0.2) is 11.5 Å². The number of benzene rings is 2. The van der Waals surface area contributed by atoms with Gasteiger partial charge in [-0.25, -0.2) is 9.97 Å². The highest BCUT2D eigenvalue weighted by Gasteiger charge is 2.15. The minimum Gasteiger partial charge on any atom is -0.497 e. The van der Waals surface area contributed by atoms with Crippen molar-refractivity contribution >= 4 is 22.5 Å². The number of aromatic amines is 1. The molecule has 8 heteroatoms. The average molecular weight is 428 g/mol. The quantitative estimate of drug-likeness (QED) is 0.407. The Morgan fingerprint density at radius 3 is 2.56 bits per heavy atom. The number of ether oxygens (including phenoxy) is 1. The number of fused-ring (bicyclic) bond motifs is 3. The summed E-state index contributed by atoms with van der Waals surface area (Å²) in [6.45, 7) is 4.69. The van der Waals surface area contributed by atoms with Crippen molar-refractivity contribution in [2.45, 2.75) is 33.2 Å². The first-order valence-electron chi connectivity index (χ1n) is 10.6. The van der Waals surface area contributed by atoms with E-state index in [0.717, 1.165) is 57.9 Å². The van der Waals surface area contributed by atoms with Gasteiger partial charge in [0.2, 0.25) is 5.95 Å². The van der Waals surface area contributed by atoms with Crippen molar-refractivity contribution < 1.29 is 4.74 Å².